The van der Waals surface area contributed by atoms with E-state index in [2.05, 4.69) is 0 Å². The summed E-state index contributed by atoms with van der Waals surface area (Å²) >= 11 is 0. The van der Waals surface area contributed by atoms with Crippen LogP contribution in [0.15, 0.2) is 48.5 Å². The van der Waals surface area contributed by atoms with Gasteiger partial charge in [0.2, 0.25) is 0 Å². The molecule has 7 rings (SSSR count). The third-order valence-corrected chi connectivity index (χ3v) is 9.04. The molecule has 4 aromatic carbocycles. The summed E-state index contributed by atoms with van der Waals surface area (Å²) in [5, 5.41) is 0. The maximum Gasteiger partial charge on any atom is 0.584 e. The highest BCUT2D eigenvalue weighted by atomic mass is 31.2. The van der Waals surface area contributed by atoms with Crippen LogP contribution in [-0.2, 0) is 30.2 Å². The first-order chi connectivity index (χ1) is 19.7. The zero-order chi connectivity index (χ0) is 28.5. The minimum atomic E-state index is -4.88. The van der Waals surface area contributed by atoms with E-state index in [-0.39, 0.29) is 33.8 Å². The van der Waals surface area contributed by atoms with Crippen LogP contribution in [-0.4, -0.2) is 4.89 Å². The SMILES string of the molecule is O=P1(O)Oc2c(-c3cc(F)cc(F)c3)cc3c(c2-c2c4c(cc(-c5cc(F)cc(F)c5)c2O1)CCCC4)CCCC3. The van der Waals surface area contributed by atoms with Crippen molar-refractivity contribution >= 4 is 7.82 Å². The average Bonchev–Trinajstić information content (AvgIpc) is 3.04. The van der Waals surface area contributed by atoms with Gasteiger partial charge in [0.15, 0.2) is 0 Å². The quantitative estimate of drug-likeness (QED) is 0.190. The van der Waals surface area contributed by atoms with Crippen molar-refractivity contribution < 1.29 is 36.1 Å². The summed E-state index contributed by atoms with van der Waals surface area (Å²) in [6.45, 7) is 0. The monoisotopic (exact) mass is 580 g/mol. The van der Waals surface area contributed by atoms with E-state index in [4.69, 9.17) is 9.05 Å². The number of hydrogen-bond acceptors (Lipinski definition) is 3. The fourth-order valence-electron chi connectivity index (χ4n) is 6.59. The fourth-order valence-corrected chi connectivity index (χ4v) is 7.46. The first-order valence-corrected chi connectivity index (χ1v) is 15.2. The van der Waals surface area contributed by atoms with Crippen molar-refractivity contribution in [1.82, 2.24) is 0 Å². The van der Waals surface area contributed by atoms with Crippen LogP contribution in [0.5, 0.6) is 11.5 Å². The van der Waals surface area contributed by atoms with Gasteiger partial charge in [-0.05, 0) is 121 Å². The largest absolute Gasteiger partial charge is 0.584 e. The van der Waals surface area contributed by atoms with Gasteiger partial charge < -0.3 is 9.05 Å². The minimum absolute atomic E-state index is 0.00980. The molecular formula is C32H25F4O4P. The van der Waals surface area contributed by atoms with Crippen LogP contribution >= 0.6 is 7.82 Å². The number of halogens is 4. The van der Waals surface area contributed by atoms with Gasteiger partial charge >= 0.3 is 7.82 Å². The molecule has 1 heterocycles. The molecule has 0 amide bonds. The van der Waals surface area contributed by atoms with E-state index in [9.17, 15) is 27.0 Å². The highest BCUT2D eigenvalue weighted by molar-refractivity contribution is 7.48. The zero-order valence-electron chi connectivity index (χ0n) is 21.9. The maximum atomic E-state index is 14.4. The second-order valence-electron chi connectivity index (χ2n) is 10.9. The van der Waals surface area contributed by atoms with Crippen molar-refractivity contribution in [3.8, 4) is 44.9 Å². The summed E-state index contributed by atoms with van der Waals surface area (Å²) in [5.74, 6) is -3.16. The van der Waals surface area contributed by atoms with E-state index in [0.29, 0.717) is 36.8 Å². The third-order valence-electron chi connectivity index (χ3n) is 8.22. The third kappa shape index (κ3) is 4.63. The molecule has 0 aromatic heterocycles. The summed E-state index contributed by atoms with van der Waals surface area (Å²) in [4.78, 5) is 11.0. The Hall–Kier alpha value is -3.61. The van der Waals surface area contributed by atoms with Crippen molar-refractivity contribution in [2.75, 3.05) is 0 Å². The molecule has 2 aliphatic carbocycles. The lowest BCUT2D eigenvalue weighted by Crippen LogP contribution is -2.10. The van der Waals surface area contributed by atoms with Crippen LogP contribution in [0.4, 0.5) is 17.6 Å². The first kappa shape index (κ1) is 26.3. The smallest absolute Gasteiger partial charge is 0.394 e. The number of phosphoric ester groups is 1. The molecule has 0 fully saturated rings. The second kappa shape index (κ2) is 9.74. The van der Waals surface area contributed by atoms with Gasteiger partial charge in [-0.3, -0.25) is 4.89 Å². The van der Waals surface area contributed by atoms with E-state index >= 15 is 0 Å². The Morgan fingerprint density at radius 2 is 0.927 bits per heavy atom. The molecule has 4 aromatic rings. The van der Waals surface area contributed by atoms with Crippen molar-refractivity contribution in [3.63, 3.8) is 0 Å². The molecule has 0 atom stereocenters. The molecule has 0 saturated carbocycles. The highest BCUT2D eigenvalue weighted by Crippen LogP contribution is 2.61. The topological polar surface area (TPSA) is 55.8 Å². The lowest BCUT2D eigenvalue weighted by atomic mass is 9.77. The van der Waals surface area contributed by atoms with E-state index in [1.807, 2.05) is 0 Å². The van der Waals surface area contributed by atoms with Crippen molar-refractivity contribution in [3.05, 3.63) is 94.1 Å². The maximum absolute atomic E-state index is 14.4. The molecule has 0 radical (unpaired) electrons. The number of phosphoric acid groups is 1. The number of aryl methyl sites for hydroxylation is 2. The van der Waals surface area contributed by atoms with Crippen LogP contribution in [0, 0.1) is 23.3 Å². The average molecular weight is 581 g/mol. The second-order valence-corrected chi connectivity index (χ2v) is 12.2. The van der Waals surface area contributed by atoms with Gasteiger partial charge in [-0.2, -0.15) is 0 Å². The highest BCUT2D eigenvalue weighted by Gasteiger charge is 2.40. The van der Waals surface area contributed by atoms with E-state index < -0.39 is 31.1 Å². The Bertz CT molecular complexity index is 1630. The summed E-state index contributed by atoms with van der Waals surface area (Å²) in [6, 6.07) is 9.73. The Morgan fingerprint density at radius 3 is 1.32 bits per heavy atom. The van der Waals surface area contributed by atoms with Gasteiger partial charge in [0.25, 0.3) is 0 Å². The molecular weight excluding hydrogens is 555 g/mol. The molecule has 3 aliphatic rings. The van der Waals surface area contributed by atoms with Crippen molar-refractivity contribution in [1.29, 1.82) is 0 Å². The van der Waals surface area contributed by atoms with Gasteiger partial charge in [-0.15, -0.1) is 0 Å². The van der Waals surface area contributed by atoms with Crippen LogP contribution in [0.25, 0.3) is 33.4 Å². The standard InChI is InChI=1S/C32H25F4O4P/c33-21-9-19(10-22(34)15-21)27-13-17-5-1-3-7-25(17)29-30-26-8-4-2-6-18(26)14-28(20-11-23(35)16-24(36)12-20)32(30)40-41(37,38)39-31(27)29/h9-16H,1-8H2,(H,37,38). The molecule has 4 nitrogen and oxygen atoms in total. The number of fused-ring (bicyclic) bond motifs is 7. The number of rotatable bonds is 2. The van der Waals surface area contributed by atoms with Gasteiger partial charge in [-0.1, -0.05) is 0 Å². The molecule has 0 bridgehead atoms. The molecule has 0 saturated heterocycles. The predicted molar refractivity (Wildman–Crippen MR) is 147 cm³/mol. The lowest BCUT2D eigenvalue weighted by Gasteiger charge is -2.28. The summed E-state index contributed by atoms with van der Waals surface area (Å²) in [6.07, 6.45) is 6.28. The summed E-state index contributed by atoms with van der Waals surface area (Å²) < 4.78 is 82.8. The Balaban J connectivity index is 1.64. The van der Waals surface area contributed by atoms with Gasteiger partial charge in [0.05, 0.1) is 0 Å². The number of hydrogen-bond donors (Lipinski definition) is 1. The van der Waals surface area contributed by atoms with Gasteiger partial charge in [-0.25, -0.2) is 22.1 Å². The summed E-state index contributed by atoms with van der Waals surface area (Å²) in [7, 11) is -4.88. The van der Waals surface area contributed by atoms with Crippen LogP contribution in [0.1, 0.15) is 47.9 Å². The lowest BCUT2D eigenvalue weighted by molar-refractivity contribution is 0.295. The fraction of sp³-hybridized carbons (Fsp3) is 0.250. The molecule has 0 unspecified atom stereocenters. The molecule has 1 aliphatic heterocycles. The van der Waals surface area contributed by atoms with Crippen molar-refractivity contribution in [2.45, 2.75) is 51.4 Å². The van der Waals surface area contributed by atoms with Crippen LogP contribution in [0.2, 0.25) is 0 Å². The molecule has 1 N–H and O–H groups in total. The molecule has 0 spiro atoms. The predicted octanol–water partition coefficient (Wildman–Crippen LogP) is 8.87. The normalized spacial score (nSPS) is 16.8. The van der Waals surface area contributed by atoms with Gasteiger partial charge in [0.1, 0.15) is 34.8 Å². The van der Waals surface area contributed by atoms with E-state index in [1.54, 1.807) is 12.1 Å². The van der Waals surface area contributed by atoms with Gasteiger partial charge in [0, 0.05) is 34.4 Å². The summed E-state index contributed by atoms with van der Waals surface area (Å²) in [5.41, 5.74) is 5.67. The van der Waals surface area contributed by atoms with E-state index in [0.717, 1.165) is 84.3 Å². The Labute approximate surface area is 234 Å². The molecule has 41 heavy (non-hydrogen) atoms. The number of benzene rings is 4. The van der Waals surface area contributed by atoms with Crippen molar-refractivity contribution in [2.24, 2.45) is 0 Å². The van der Waals surface area contributed by atoms with E-state index in [1.165, 1.54) is 0 Å². The van der Waals surface area contributed by atoms with Crippen LogP contribution < -0.4 is 9.05 Å². The zero-order valence-corrected chi connectivity index (χ0v) is 22.8. The Kier molecular flexibility index (Phi) is 6.25. The molecule has 210 valence electrons. The Morgan fingerprint density at radius 1 is 0.561 bits per heavy atom. The molecule has 9 heteroatoms. The minimum Gasteiger partial charge on any atom is -0.394 e. The first-order valence-electron chi connectivity index (χ1n) is 13.7. The van der Waals surface area contributed by atoms with Crippen LogP contribution in [0.3, 0.4) is 0 Å².